The Hall–Kier alpha value is -1.93. The fourth-order valence-corrected chi connectivity index (χ4v) is 4.79. The smallest absolute Gasteiger partial charge is 0.272 e. The second kappa shape index (κ2) is 8.39. The van der Waals surface area contributed by atoms with E-state index in [4.69, 9.17) is 9.72 Å². The minimum atomic E-state index is -0.0775. The number of rotatable bonds is 6. The van der Waals surface area contributed by atoms with Crippen LogP contribution in [-0.4, -0.2) is 39.6 Å². The molecule has 1 aromatic heterocycles. The van der Waals surface area contributed by atoms with Gasteiger partial charge >= 0.3 is 0 Å². The Labute approximate surface area is 167 Å². The highest BCUT2D eigenvalue weighted by Crippen LogP contribution is 2.35. The molecule has 1 aromatic carbocycles. The minimum absolute atomic E-state index is 0.0752. The number of ether oxygens (including phenoxy) is 1. The standard InChI is InChI=1S/C19H23N3O3S2/c1-11(2)20-16(23)10-26-19-21-15-9-12(3)27-17(15)18(24)22(19)13-5-7-14(25-4)8-6-13/h5-8,11-12H,9-10H2,1-4H3,(H,20,23). The molecule has 8 heteroatoms. The van der Waals surface area contributed by atoms with Gasteiger partial charge in [0.2, 0.25) is 5.91 Å². The normalized spacial score (nSPS) is 15.7. The molecule has 0 saturated heterocycles. The molecule has 0 fully saturated rings. The van der Waals surface area contributed by atoms with Crippen LogP contribution in [0.15, 0.2) is 39.1 Å². The van der Waals surface area contributed by atoms with E-state index in [1.54, 1.807) is 23.4 Å². The van der Waals surface area contributed by atoms with Crippen molar-refractivity contribution in [3.05, 3.63) is 40.3 Å². The lowest BCUT2D eigenvalue weighted by Gasteiger charge is -2.14. The molecule has 27 heavy (non-hydrogen) atoms. The number of methoxy groups -OCH3 is 1. The largest absolute Gasteiger partial charge is 0.497 e. The van der Waals surface area contributed by atoms with Crippen molar-refractivity contribution >= 4 is 29.4 Å². The van der Waals surface area contributed by atoms with Gasteiger partial charge in [0.1, 0.15) is 5.75 Å². The summed E-state index contributed by atoms with van der Waals surface area (Å²) in [5, 5.41) is 3.73. The molecular weight excluding hydrogens is 382 g/mol. The van der Waals surface area contributed by atoms with Crippen LogP contribution in [-0.2, 0) is 11.2 Å². The number of hydrogen-bond acceptors (Lipinski definition) is 6. The van der Waals surface area contributed by atoms with Crippen LogP contribution in [0, 0.1) is 0 Å². The minimum Gasteiger partial charge on any atom is -0.497 e. The van der Waals surface area contributed by atoms with Crippen LogP contribution in [0.1, 0.15) is 26.5 Å². The van der Waals surface area contributed by atoms with Gasteiger partial charge in [0.25, 0.3) is 5.56 Å². The van der Waals surface area contributed by atoms with Crippen molar-refractivity contribution < 1.29 is 9.53 Å². The van der Waals surface area contributed by atoms with Gasteiger partial charge in [-0.2, -0.15) is 0 Å². The monoisotopic (exact) mass is 405 g/mol. The molecule has 144 valence electrons. The van der Waals surface area contributed by atoms with Crippen LogP contribution in [0.2, 0.25) is 0 Å². The first-order valence-corrected chi connectivity index (χ1v) is 10.6. The highest BCUT2D eigenvalue weighted by molar-refractivity contribution is 8.00. The summed E-state index contributed by atoms with van der Waals surface area (Å²) in [5.74, 6) is 0.852. The summed E-state index contributed by atoms with van der Waals surface area (Å²) >= 11 is 2.85. The van der Waals surface area contributed by atoms with Crippen LogP contribution >= 0.6 is 23.5 Å². The van der Waals surface area contributed by atoms with Crippen molar-refractivity contribution in [3.8, 4) is 11.4 Å². The topological polar surface area (TPSA) is 73.2 Å². The van der Waals surface area contributed by atoms with Crippen LogP contribution in [0.5, 0.6) is 5.75 Å². The van der Waals surface area contributed by atoms with E-state index in [0.29, 0.717) is 21.0 Å². The summed E-state index contributed by atoms with van der Waals surface area (Å²) in [7, 11) is 1.60. The van der Waals surface area contributed by atoms with Gasteiger partial charge in [0, 0.05) is 17.7 Å². The summed E-state index contributed by atoms with van der Waals surface area (Å²) in [6, 6.07) is 7.35. The van der Waals surface area contributed by atoms with Gasteiger partial charge in [-0.25, -0.2) is 4.98 Å². The zero-order valence-corrected chi connectivity index (χ0v) is 17.4. The van der Waals surface area contributed by atoms with Gasteiger partial charge in [-0.1, -0.05) is 18.7 Å². The van der Waals surface area contributed by atoms with Gasteiger partial charge in [-0.05, 0) is 38.1 Å². The third kappa shape index (κ3) is 4.50. The van der Waals surface area contributed by atoms with E-state index in [1.165, 1.54) is 11.8 Å². The molecule has 0 bridgehead atoms. The fraction of sp³-hybridized carbons (Fsp3) is 0.421. The van der Waals surface area contributed by atoms with Crippen molar-refractivity contribution in [1.29, 1.82) is 0 Å². The third-order valence-corrected chi connectivity index (χ3v) is 6.15. The summed E-state index contributed by atoms with van der Waals surface area (Å²) < 4.78 is 6.80. The summed E-state index contributed by atoms with van der Waals surface area (Å²) in [5.41, 5.74) is 1.46. The molecule has 1 amide bonds. The van der Waals surface area contributed by atoms with Gasteiger partial charge in [-0.3, -0.25) is 14.2 Å². The van der Waals surface area contributed by atoms with Gasteiger partial charge in [-0.15, -0.1) is 11.8 Å². The first-order valence-electron chi connectivity index (χ1n) is 8.78. The Morgan fingerprint density at radius 1 is 1.41 bits per heavy atom. The number of thioether (sulfide) groups is 2. The number of aromatic nitrogens is 2. The van der Waals surface area contributed by atoms with Crippen molar-refractivity contribution in [2.75, 3.05) is 12.9 Å². The molecule has 1 aliphatic heterocycles. The molecule has 3 rings (SSSR count). The van der Waals surface area contributed by atoms with Crippen molar-refractivity contribution in [2.24, 2.45) is 0 Å². The van der Waals surface area contributed by atoms with Gasteiger partial charge < -0.3 is 10.1 Å². The highest BCUT2D eigenvalue weighted by Gasteiger charge is 2.27. The second-order valence-electron chi connectivity index (χ2n) is 6.65. The number of amides is 1. The van der Waals surface area contributed by atoms with E-state index in [0.717, 1.165) is 17.9 Å². The Bertz CT molecular complexity index is 894. The molecule has 1 atom stereocenters. The number of fused-ring (bicyclic) bond motifs is 1. The summed E-state index contributed by atoms with van der Waals surface area (Å²) in [4.78, 5) is 30.7. The molecule has 1 unspecified atom stereocenters. The Morgan fingerprint density at radius 3 is 2.74 bits per heavy atom. The van der Waals surface area contributed by atoms with Crippen molar-refractivity contribution in [1.82, 2.24) is 14.9 Å². The highest BCUT2D eigenvalue weighted by atomic mass is 32.2. The maximum atomic E-state index is 13.2. The lowest BCUT2D eigenvalue weighted by atomic mass is 10.2. The first kappa shape index (κ1) is 19.8. The summed E-state index contributed by atoms with van der Waals surface area (Å²) in [6.45, 7) is 5.93. The lowest BCUT2D eigenvalue weighted by Crippen LogP contribution is -2.32. The second-order valence-corrected chi connectivity index (χ2v) is 9.04. The maximum absolute atomic E-state index is 13.2. The van der Waals surface area contributed by atoms with E-state index in [-0.39, 0.29) is 23.3 Å². The number of hydrogen-bond donors (Lipinski definition) is 1. The van der Waals surface area contributed by atoms with Gasteiger partial charge in [0.15, 0.2) is 5.16 Å². The van der Waals surface area contributed by atoms with Gasteiger partial charge in [0.05, 0.1) is 29.1 Å². The van der Waals surface area contributed by atoms with Crippen LogP contribution < -0.4 is 15.6 Å². The van der Waals surface area contributed by atoms with Crippen molar-refractivity contribution in [3.63, 3.8) is 0 Å². The van der Waals surface area contributed by atoms with Crippen molar-refractivity contribution in [2.45, 2.75) is 48.5 Å². The van der Waals surface area contributed by atoms with Crippen LogP contribution in [0.3, 0.4) is 0 Å². The predicted molar refractivity (Wildman–Crippen MR) is 109 cm³/mol. The third-order valence-electron chi connectivity index (χ3n) is 3.99. The molecule has 1 N–H and O–H groups in total. The van der Waals surface area contributed by atoms with Crippen LogP contribution in [0.4, 0.5) is 0 Å². The number of nitrogens with one attached hydrogen (secondary N) is 1. The zero-order valence-electron chi connectivity index (χ0n) is 15.8. The molecule has 2 heterocycles. The van der Waals surface area contributed by atoms with Crippen LogP contribution in [0.25, 0.3) is 5.69 Å². The SMILES string of the molecule is COc1ccc(-n2c(SCC(=O)NC(C)C)nc3c(c2=O)SC(C)C3)cc1. The number of nitrogens with zero attached hydrogens (tertiary/aromatic N) is 2. The van der Waals surface area contributed by atoms with E-state index < -0.39 is 0 Å². The lowest BCUT2D eigenvalue weighted by molar-refractivity contribution is -0.119. The fourth-order valence-electron chi connectivity index (χ4n) is 2.85. The Kier molecular flexibility index (Phi) is 6.16. The average molecular weight is 406 g/mol. The Balaban J connectivity index is 2.00. The van der Waals surface area contributed by atoms with E-state index in [9.17, 15) is 9.59 Å². The van der Waals surface area contributed by atoms with E-state index in [1.807, 2.05) is 38.1 Å². The Morgan fingerprint density at radius 2 is 2.11 bits per heavy atom. The molecule has 0 saturated carbocycles. The first-order chi connectivity index (χ1) is 12.9. The molecule has 1 aliphatic rings. The molecule has 0 spiro atoms. The molecule has 0 aliphatic carbocycles. The maximum Gasteiger partial charge on any atom is 0.272 e. The summed E-state index contributed by atoms with van der Waals surface area (Å²) in [6.07, 6.45) is 0.768. The average Bonchev–Trinajstić information content (AvgIpc) is 3.00. The molecular formula is C19H23N3O3S2. The predicted octanol–water partition coefficient (Wildman–Crippen LogP) is 2.89. The number of carbonyl (C=O) groups is 1. The van der Waals surface area contributed by atoms with E-state index in [2.05, 4.69) is 12.2 Å². The molecule has 0 radical (unpaired) electrons. The molecule has 2 aromatic rings. The molecule has 6 nitrogen and oxygen atoms in total. The number of carbonyl (C=O) groups excluding carboxylic acids is 1. The van der Waals surface area contributed by atoms with E-state index >= 15 is 0 Å². The zero-order chi connectivity index (χ0) is 19.6. The quantitative estimate of drug-likeness (QED) is 0.588. The number of benzene rings is 1.